The molecule has 1 N–H and O–H groups in total. The van der Waals surface area contributed by atoms with Gasteiger partial charge in [-0.1, -0.05) is 26.5 Å². The van der Waals surface area contributed by atoms with Crippen LogP contribution < -0.4 is 0 Å². The zero-order chi connectivity index (χ0) is 6.57. The van der Waals surface area contributed by atoms with E-state index in [1.807, 2.05) is 6.92 Å². The van der Waals surface area contributed by atoms with E-state index in [9.17, 15) is 0 Å². The fourth-order valence-electron chi connectivity index (χ4n) is 0.446. The van der Waals surface area contributed by atoms with Gasteiger partial charge in [0, 0.05) is 0 Å². The predicted molar refractivity (Wildman–Crippen MR) is 35.8 cm³/mol. The average Bonchev–Trinajstić information content (AvgIpc) is 1.67. The zero-order valence-electron chi connectivity index (χ0n) is 5.28. The topological polar surface area (TPSA) is 20.2 Å². The van der Waals surface area contributed by atoms with Crippen LogP contribution in [0.4, 0.5) is 0 Å². The highest BCUT2D eigenvalue weighted by molar-refractivity contribution is 5.16. The monoisotopic (exact) mass is 112 g/mol. The van der Waals surface area contributed by atoms with Gasteiger partial charge in [0.2, 0.25) is 0 Å². The molecule has 0 aliphatic carbocycles. The van der Waals surface area contributed by atoms with Crippen LogP contribution in [0.2, 0.25) is 0 Å². The van der Waals surface area contributed by atoms with E-state index in [-0.39, 0.29) is 5.76 Å². The molecule has 1 heteroatoms. The van der Waals surface area contributed by atoms with Gasteiger partial charge in [0.05, 0.1) is 0 Å². The van der Waals surface area contributed by atoms with Crippen molar-refractivity contribution in [2.45, 2.75) is 19.8 Å². The fraction of sp³-hybridized carbons (Fsp3) is 0.429. The first-order chi connectivity index (χ1) is 3.68. The van der Waals surface area contributed by atoms with Gasteiger partial charge in [0.1, 0.15) is 5.76 Å². The van der Waals surface area contributed by atoms with Gasteiger partial charge in [-0.3, -0.25) is 0 Å². The summed E-state index contributed by atoms with van der Waals surface area (Å²) in [6, 6.07) is 0. The summed E-state index contributed by atoms with van der Waals surface area (Å²) in [4.78, 5) is 0. The molecule has 0 heterocycles. The molecule has 1 nitrogen and oxygen atoms in total. The van der Waals surface area contributed by atoms with Crippen LogP contribution >= 0.6 is 0 Å². The Hall–Kier alpha value is -0.720. The molecule has 46 valence electrons. The minimum absolute atomic E-state index is 0.117. The Balaban J connectivity index is 3.49. The van der Waals surface area contributed by atoms with Gasteiger partial charge in [0.25, 0.3) is 0 Å². The fourth-order valence-corrected chi connectivity index (χ4v) is 0.446. The molecule has 0 aromatic rings. The molecule has 0 aliphatic heterocycles. The van der Waals surface area contributed by atoms with Crippen molar-refractivity contribution in [1.82, 2.24) is 0 Å². The van der Waals surface area contributed by atoms with Gasteiger partial charge in [-0.2, -0.15) is 0 Å². The van der Waals surface area contributed by atoms with E-state index in [0.29, 0.717) is 0 Å². The van der Waals surface area contributed by atoms with E-state index in [2.05, 4.69) is 13.2 Å². The van der Waals surface area contributed by atoms with Gasteiger partial charge < -0.3 is 5.11 Å². The summed E-state index contributed by atoms with van der Waals surface area (Å²) in [6.07, 6.45) is 1.85. The first-order valence-corrected chi connectivity index (χ1v) is 2.74. The summed E-state index contributed by atoms with van der Waals surface area (Å²) < 4.78 is 0. The second-order valence-corrected chi connectivity index (χ2v) is 1.80. The van der Waals surface area contributed by atoms with E-state index >= 15 is 0 Å². The lowest BCUT2D eigenvalue weighted by atomic mass is 10.1. The van der Waals surface area contributed by atoms with Gasteiger partial charge in [-0.25, -0.2) is 0 Å². The molecule has 0 radical (unpaired) electrons. The van der Waals surface area contributed by atoms with Crippen LogP contribution in [0.1, 0.15) is 19.8 Å². The van der Waals surface area contributed by atoms with E-state index in [0.717, 1.165) is 18.4 Å². The zero-order valence-corrected chi connectivity index (χ0v) is 5.28. The van der Waals surface area contributed by atoms with Crippen molar-refractivity contribution in [2.24, 2.45) is 0 Å². The van der Waals surface area contributed by atoms with Crippen LogP contribution in [0.15, 0.2) is 24.5 Å². The van der Waals surface area contributed by atoms with Crippen LogP contribution in [-0.4, -0.2) is 5.11 Å². The maximum Gasteiger partial charge on any atom is 0.111 e. The molecule has 0 aromatic heterocycles. The van der Waals surface area contributed by atoms with Gasteiger partial charge in [-0.05, 0) is 12.0 Å². The third-order valence-corrected chi connectivity index (χ3v) is 0.960. The van der Waals surface area contributed by atoms with Crippen LogP contribution in [0, 0.1) is 0 Å². The molecule has 0 saturated heterocycles. The molecule has 0 rings (SSSR count). The quantitative estimate of drug-likeness (QED) is 0.439. The molecular weight excluding hydrogens is 100 g/mol. The second kappa shape index (κ2) is 3.30. The number of rotatable bonds is 3. The minimum atomic E-state index is 0.117. The second-order valence-electron chi connectivity index (χ2n) is 1.80. The highest BCUT2D eigenvalue weighted by Gasteiger charge is 1.92. The molecule has 0 amide bonds. The number of allylic oxidation sites excluding steroid dienone is 1. The van der Waals surface area contributed by atoms with Gasteiger partial charge >= 0.3 is 0 Å². The lowest BCUT2D eigenvalue weighted by molar-refractivity contribution is 0.422. The van der Waals surface area contributed by atoms with Crippen LogP contribution in [0.25, 0.3) is 0 Å². The maximum absolute atomic E-state index is 8.66. The molecule has 0 saturated carbocycles. The normalized spacial score (nSPS) is 8.62. The van der Waals surface area contributed by atoms with E-state index in [4.69, 9.17) is 5.11 Å². The maximum atomic E-state index is 8.66. The van der Waals surface area contributed by atoms with Crippen LogP contribution in [-0.2, 0) is 0 Å². The summed E-state index contributed by atoms with van der Waals surface area (Å²) in [5.74, 6) is 0.117. The molecule has 8 heavy (non-hydrogen) atoms. The van der Waals surface area contributed by atoms with Crippen molar-refractivity contribution >= 4 is 0 Å². The summed E-state index contributed by atoms with van der Waals surface area (Å²) >= 11 is 0. The minimum Gasteiger partial charge on any atom is -0.508 e. The van der Waals surface area contributed by atoms with Crippen molar-refractivity contribution in [3.8, 4) is 0 Å². The Labute approximate surface area is 50.3 Å². The van der Waals surface area contributed by atoms with Gasteiger partial charge in [-0.15, -0.1) is 0 Å². The first kappa shape index (κ1) is 7.28. The summed E-state index contributed by atoms with van der Waals surface area (Å²) in [6.45, 7) is 8.96. The Morgan fingerprint density at radius 1 is 1.50 bits per heavy atom. The van der Waals surface area contributed by atoms with Crippen molar-refractivity contribution in [2.75, 3.05) is 0 Å². The molecule has 0 aromatic carbocycles. The molecule has 0 bridgehead atoms. The SMILES string of the molecule is C=C(O)C(=C)CCC. The Kier molecular flexibility index (Phi) is 3.01. The average molecular weight is 112 g/mol. The lowest BCUT2D eigenvalue weighted by Crippen LogP contribution is -1.82. The highest BCUT2D eigenvalue weighted by atomic mass is 16.3. The molecule has 0 spiro atoms. The third-order valence-electron chi connectivity index (χ3n) is 0.960. The van der Waals surface area contributed by atoms with Crippen LogP contribution in [0.5, 0.6) is 0 Å². The lowest BCUT2D eigenvalue weighted by Gasteiger charge is -1.97. The summed E-state index contributed by atoms with van der Waals surface area (Å²) in [5.41, 5.74) is 0.743. The molecule has 0 aliphatic rings. The summed E-state index contributed by atoms with van der Waals surface area (Å²) in [7, 11) is 0. The van der Waals surface area contributed by atoms with Crippen molar-refractivity contribution in [3.05, 3.63) is 24.5 Å². The Morgan fingerprint density at radius 3 is 2.12 bits per heavy atom. The third kappa shape index (κ3) is 2.45. The molecule has 0 unspecified atom stereocenters. The van der Waals surface area contributed by atoms with Crippen LogP contribution in [0.3, 0.4) is 0 Å². The van der Waals surface area contributed by atoms with Crippen molar-refractivity contribution in [3.63, 3.8) is 0 Å². The number of hydrogen-bond donors (Lipinski definition) is 1. The summed E-state index contributed by atoms with van der Waals surface area (Å²) in [5, 5.41) is 8.66. The predicted octanol–water partition coefficient (Wildman–Crippen LogP) is 2.41. The number of aliphatic hydroxyl groups is 1. The smallest absolute Gasteiger partial charge is 0.111 e. The van der Waals surface area contributed by atoms with E-state index in [1.54, 1.807) is 0 Å². The Bertz CT molecular complexity index is 103. The molecular formula is C7H12O. The highest BCUT2D eigenvalue weighted by Crippen LogP contribution is 2.07. The van der Waals surface area contributed by atoms with Crippen molar-refractivity contribution < 1.29 is 5.11 Å². The largest absolute Gasteiger partial charge is 0.508 e. The van der Waals surface area contributed by atoms with Crippen molar-refractivity contribution in [1.29, 1.82) is 0 Å². The van der Waals surface area contributed by atoms with E-state index in [1.165, 1.54) is 0 Å². The van der Waals surface area contributed by atoms with Gasteiger partial charge in [0.15, 0.2) is 0 Å². The van der Waals surface area contributed by atoms with E-state index < -0.39 is 0 Å². The first-order valence-electron chi connectivity index (χ1n) is 2.74. The Morgan fingerprint density at radius 2 is 2.00 bits per heavy atom. The molecule has 0 fully saturated rings. The number of hydrogen-bond acceptors (Lipinski definition) is 1. The standard InChI is InChI=1S/C7H12O/c1-4-5-6(2)7(3)8/h8H,2-5H2,1H3. The number of aliphatic hydroxyl groups excluding tert-OH is 1. The molecule has 0 atom stereocenters.